The zero-order valence-corrected chi connectivity index (χ0v) is 22.8. The van der Waals surface area contributed by atoms with E-state index in [1.165, 1.54) is 0 Å². The molecule has 0 radical (unpaired) electrons. The number of piperazine rings is 1. The minimum absolute atomic E-state index is 0.0636. The first-order valence-corrected chi connectivity index (χ1v) is 14.1. The van der Waals surface area contributed by atoms with Gasteiger partial charge in [0.2, 0.25) is 5.88 Å². The van der Waals surface area contributed by atoms with Crippen molar-refractivity contribution in [1.82, 2.24) is 20.1 Å². The van der Waals surface area contributed by atoms with Crippen LogP contribution in [0.15, 0.2) is 0 Å². The van der Waals surface area contributed by atoms with Gasteiger partial charge >= 0.3 is 6.09 Å². The third-order valence-electron chi connectivity index (χ3n) is 8.95. The average molecular weight is 527 g/mol. The first kappa shape index (κ1) is 25.6. The quantitative estimate of drug-likeness (QED) is 0.640. The highest BCUT2D eigenvalue weighted by atomic mass is 19.1. The predicted molar refractivity (Wildman–Crippen MR) is 140 cm³/mol. The van der Waals surface area contributed by atoms with Crippen molar-refractivity contribution in [2.24, 2.45) is 0 Å². The molecule has 6 rings (SSSR count). The van der Waals surface area contributed by atoms with Crippen LogP contribution in [-0.2, 0) is 17.7 Å². The minimum Gasteiger partial charge on any atom is -0.475 e. The molecule has 9 nitrogen and oxygen atoms in total. The third kappa shape index (κ3) is 4.47. The summed E-state index contributed by atoms with van der Waals surface area (Å²) in [4.78, 5) is 24.4. The Balaban J connectivity index is 1.28. The molecule has 2 bridgehead atoms. The van der Waals surface area contributed by atoms with E-state index in [0.717, 1.165) is 62.1 Å². The van der Waals surface area contributed by atoms with Crippen molar-refractivity contribution in [3.63, 3.8) is 0 Å². The number of carbonyl (C=O) groups excluding carboxylic acids is 1. The van der Waals surface area contributed by atoms with Crippen molar-refractivity contribution in [2.75, 3.05) is 44.2 Å². The number of carbonyl (C=O) groups is 1. The predicted octanol–water partition coefficient (Wildman–Crippen LogP) is 3.14. The van der Waals surface area contributed by atoms with Crippen molar-refractivity contribution in [2.45, 2.75) is 95.2 Å². The van der Waals surface area contributed by atoms with Gasteiger partial charge in [-0.1, -0.05) is 0 Å². The molecule has 1 N–H and O–H groups in total. The van der Waals surface area contributed by atoms with Crippen LogP contribution in [0.4, 0.5) is 15.0 Å². The van der Waals surface area contributed by atoms with Crippen LogP contribution in [0.2, 0.25) is 0 Å². The van der Waals surface area contributed by atoms with Crippen molar-refractivity contribution in [3.05, 3.63) is 16.7 Å². The molecule has 1 aromatic heterocycles. The number of anilines is 1. The van der Waals surface area contributed by atoms with Crippen LogP contribution in [0.5, 0.6) is 5.88 Å². The van der Waals surface area contributed by atoms with E-state index < -0.39 is 11.8 Å². The average Bonchev–Trinajstić information content (AvgIpc) is 3.48. The Hall–Kier alpha value is -2.64. The summed E-state index contributed by atoms with van der Waals surface area (Å²) < 4.78 is 26.4. The Bertz CT molecular complexity index is 1130. The van der Waals surface area contributed by atoms with Gasteiger partial charge in [0.25, 0.3) is 0 Å². The van der Waals surface area contributed by atoms with Crippen LogP contribution in [0.1, 0.15) is 69.6 Å². The molecule has 4 saturated heterocycles. The van der Waals surface area contributed by atoms with Gasteiger partial charge in [0.05, 0.1) is 17.6 Å². The highest BCUT2D eigenvalue weighted by molar-refractivity contribution is 5.71. The molecular formula is C28H39FN6O3. The largest absolute Gasteiger partial charge is 0.475 e. The second-order valence-electron chi connectivity index (χ2n) is 12.7. The SMILES string of the molecule is CC(C)(C)OC(=O)N1[C@@H]2CC[C@H]1CN(c1nc(OC[C@@]34CCCN3C[C@H](F)C4)c(C#N)c3c1CCNC3)C2. The number of halogens is 1. The highest BCUT2D eigenvalue weighted by Gasteiger charge is 2.50. The standard InChI is InChI=1S/C28H39FN6O3/c1-27(2,3)38-26(36)35-19-5-6-20(35)16-33(15-19)24-21-7-9-31-13-23(21)22(12-30)25(32-24)37-17-28-8-4-10-34(28)14-18(29)11-28/h18-20,31H,4-11,13-17H2,1-3H3/t18-,19-,20+,28+/m1/s1. The summed E-state index contributed by atoms with van der Waals surface area (Å²) in [6.07, 6.45) is 4.01. The van der Waals surface area contributed by atoms with E-state index in [9.17, 15) is 14.4 Å². The van der Waals surface area contributed by atoms with E-state index in [0.29, 0.717) is 50.7 Å². The number of hydrogen-bond acceptors (Lipinski definition) is 8. The smallest absolute Gasteiger partial charge is 0.410 e. The van der Waals surface area contributed by atoms with E-state index in [1.54, 1.807) is 0 Å². The monoisotopic (exact) mass is 526 g/mol. The summed E-state index contributed by atoms with van der Waals surface area (Å²) in [6, 6.07) is 2.49. The molecule has 10 heteroatoms. The summed E-state index contributed by atoms with van der Waals surface area (Å²) in [5, 5.41) is 13.5. The summed E-state index contributed by atoms with van der Waals surface area (Å²) in [5.41, 5.74) is 1.71. The fraction of sp³-hybridized carbons (Fsp3) is 0.750. The van der Waals surface area contributed by atoms with Crippen molar-refractivity contribution >= 4 is 11.9 Å². The van der Waals surface area contributed by atoms with E-state index >= 15 is 0 Å². The van der Waals surface area contributed by atoms with E-state index in [-0.39, 0.29) is 23.7 Å². The molecule has 1 amide bonds. The molecule has 5 aliphatic heterocycles. The number of nitrogens with one attached hydrogen (secondary N) is 1. The summed E-state index contributed by atoms with van der Waals surface area (Å²) in [5.74, 6) is 1.22. The van der Waals surface area contributed by atoms with E-state index in [2.05, 4.69) is 21.2 Å². The van der Waals surface area contributed by atoms with Crippen LogP contribution in [0.3, 0.4) is 0 Å². The molecule has 0 unspecified atom stereocenters. The van der Waals surface area contributed by atoms with Gasteiger partial charge < -0.3 is 19.7 Å². The number of aromatic nitrogens is 1. The molecule has 5 aliphatic rings. The molecule has 206 valence electrons. The lowest BCUT2D eigenvalue weighted by Crippen LogP contribution is -2.57. The van der Waals surface area contributed by atoms with Gasteiger partial charge in [-0.15, -0.1) is 0 Å². The molecule has 38 heavy (non-hydrogen) atoms. The number of amides is 1. The lowest BCUT2D eigenvalue weighted by Gasteiger charge is -2.42. The number of pyridine rings is 1. The number of nitriles is 1. The van der Waals surface area contributed by atoms with Crippen LogP contribution < -0.4 is 15.0 Å². The fourth-order valence-corrected chi connectivity index (χ4v) is 7.34. The molecule has 0 saturated carbocycles. The topological polar surface area (TPSA) is 94.0 Å². The molecule has 0 spiro atoms. The van der Waals surface area contributed by atoms with Gasteiger partial charge in [-0.2, -0.15) is 10.2 Å². The van der Waals surface area contributed by atoms with E-state index in [1.807, 2.05) is 25.7 Å². The summed E-state index contributed by atoms with van der Waals surface area (Å²) in [6.45, 7) is 10.2. The van der Waals surface area contributed by atoms with Gasteiger partial charge in [0, 0.05) is 38.2 Å². The van der Waals surface area contributed by atoms with Gasteiger partial charge in [-0.25, -0.2) is 9.18 Å². The molecule has 1 aromatic rings. The van der Waals surface area contributed by atoms with Gasteiger partial charge in [-0.3, -0.25) is 9.80 Å². The zero-order valence-electron chi connectivity index (χ0n) is 22.8. The maximum absolute atomic E-state index is 14.3. The van der Waals surface area contributed by atoms with Crippen LogP contribution in [0.25, 0.3) is 0 Å². The maximum Gasteiger partial charge on any atom is 0.410 e. The maximum atomic E-state index is 14.3. The molecular weight excluding hydrogens is 487 g/mol. The second-order valence-corrected chi connectivity index (χ2v) is 12.7. The molecule has 4 atom stereocenters. The number of rotatable bonds is 4. The number of nitrogens with zero attached hydrogens (tertiary/aromatic N) is 5. The first-order chi connectivity index (χ1) is 18.2. The van der Waals surface area contributed by atoms with Crippen molar-refractivity contribution in [1.29, 1.82) is 5.26 Å². The fourth-order valence-electron chi connectivity index (χ4n) is 7.34. The minimum atomic E-state index is -0.831. The Morgan fingerprint density at radius 1 is 1.24 bits per heavy atom. The van der Waals surface area contributed by atoms with Crippen molar-refractivity contribution < 1.29 is 18.7 Å². The van der Waals surface area contributed by atoms with Crippen LogP contribution in [-0.4, -0.2) is 89.6 Å². The molecule has 0 aromatic carbocycles. The lowest BCUT2D eigenvalue weighted by atomic mass is 9.94. The Labute approximate surface area is 224 Å². The van der Waals surface area contributed by atoms with Crippen molar-refractivity contribution in [3.8, 4) is 11.9 Å². The number of fused-ring (bicyclic) bond motifs is 4. The molecule has 6 heterocycles. The first-order valence-electron chi connectivity index (χ1n) is 14.1. The normalized spacial score (nSPS) is 30.7. The van der Waals surface area contributed by atoms with E-state index in [4.69, 9.17) is 14.5 Å². The van der Waals surface area contributed by atoms with Gasteiger partial charge in [0.1, 0.15) is 35.8 Å². The van der Waals surface area contributed by atoms with Crippen LogP contribution in [0, 0.1) is 11.3 Å². The Morgan fingerprint density at radius 2 is 2.00 bits per heavy atom. The highest BCUT2D eigenvalue weighted by Crippen LogP contribution is 2.42. The summed E-state index contributed by atoms with van der Waals surface area (Å²) >= 11 is 0. The summed E-state index contributed by atoms with van der Waals surface area (Å²) in [7, 11) is 0. The lowest BCUT2D eigenvalue weighted by molar-refractivity contribution is 0.0122. The number of ether oxygens (including phenoxy) is 2. The van der Waals surface area contributed by atoms with Gasteiger partial charge in [0.15, 0.2) is 0 Å². The van der Waals surface area contributed by atoms with Crippen LogP contribution >= 0.6 is 0 Å². The second kappa shape index (κ2) is 9.53. The molecule has 4 fully saturated rings. The third-order valence-corrected chi connectivity index (χ3v) is 8.95. The number of hydrogen-bond donors (Lipinski definition) is 1. The van der Waals surface area contributed by atoms with Gasteiger partial charge in [-0.05, 0) is 71.5 Å². The number of alkyl halides is 1. The Kier molecular flexibility index (Phi) is 6.42. The molecule has 0 aliphatic carbocycles. The zero-order chi connectivity index (χ0) is 26.7. The Morgan fingerprint density at radius 3 is 2.71 bits per heavy atom.